The Morgan fingerprint density at radius 1 is 0.471 bits per heavy atom. The molecule has 1 aliphatic rings. The van der Waals surface area contributed by atoms with Crippen molar-refractivity contribution in [3.05, 3.63) is 140 Å². The molecule has 34 heavy (non-hydrogen) atoms. The van der Waals surface area contributed by atoms with Crippen LogP contribution in [0.15, 0.2) is 106 Å². The number of rotatable bonds is 2. The summed E-state index contributed by atoms with van der Waals surface area (Å²) in [5.41, 5.74) is 10.3. The summed E-state index contributed by atoms with van der Waals surface area (Å²) in [6.45, 7) is 0. The van der Waals surface area contributed by atoms with Gasteiger partial charge in [-0.05, 0) is 58.7 Å². The Morgan fingerprint density at radius 2 is 0.882 bits per heavy atom. The number of aromatic amines is 2. The van der Waals surface area contributed by atoms with Crippen molar-refractivity contribution in [3.8, 4) is 0 Å². The fraction of sp³-hybridized carbons (Fsp3) is 0.0667. The molecule has 0 bridgehead atoms. The Balaban J connectivity index is 1.62. The van der Waals surface area contributed by atoms with Gasteiger partial charge in [0, 0.05) is 48.1 Å². The normalized spacial score (nSPS) is 17.1. The molecule has 164 valence electrons. The van der Waals surface area contributed by atoms with E-state index >= 15 is 0 Å². The van der Waals surface area contributed by atoms with Crippen molar-refractivity contribution >= 4 is 53.7 Å². The topological polar surface area (TPSA) is 31.6 Å². The highest BCUT2D eigenvalue weighted by Gasteiger charge is 2.39. The van der Waals surface area contributed by atoms with Crippen LogP contribution in [0.3, 0.4) is 0 Å². The number of hydrogen-bond acceptors (Lipinski definition) is 0. The molecule has 2 aromatic heterocycles. The largest absolute Gasteiger partial charge is 0.357 e. The molecule has 2 nitrogen and oxygen atoms in total. The molecule has 7 rings (SSSR count). The third-order valence-electron chi connectivity index (χ3n) is 7.11. The minimum atomic E-state index is 0.101. The number of fused-ring (bicyclic) bond motifs is 6. The van der Waals surface area contributed by atoms with Crippen LogP contribution in [-0.2, 0) is 0 Å². The summed E-state index contributed by atoms with van der Waals surface area (Å²) in [6, 6.07) is 35.0. The van der Waals surface area contributed by atoms with Gasteiger partial charge in [0.1, 0.15) is 0 Å². The van der Waals surface area contributed by atoms with Gasteiger partial charge < -0.3 is 9.97 Å². The standard InChI is InChI=1S/C30H20Br2N2/c31-19-13-9-17(10-14-19)25-27-21-5-1-3-7-23(21)33-29(27)26(18-11-15-20(32)16-12-18)30-28(25)22-6-2-4-8-24(22)34-30/h1-16,25-26,33-34H. The number of hydrogen-bond donors (Lipinski definition) is 2. The lowest BCUT2D eigenvalue weighted by molar-refractivity contribution is 0.798. The second-order valence-electron chi connectivity index (χ2n) is 8.96. The molecular weight excluding hydrogens is 548 g/mol. The van der Waals surface area contributed by atoms with Crippen LogP contribution in [0.2, 0.25) is 0 Å². The molecule has 0 saturated heterocycles. The van der Waals surface area contributed by atoms with Crippen molar-refractivity contribution in [2.75, 3.05) is 0 Å². The Kier molecular flexibility index (Phi) is 4.61. The van der Waals surface area contributed by atoms with Crippen LogP contribution in [-0.4, -0.2) is 9.97 Å². The van der Waals surface area contributed by atoms with Crippen molar-refractivity contribution in [1.82, 2.24) is 9.97 Å². The highest BCUT2D eigenvalue weighted by molar-refractivity contribution is 9.10. The van der Waals surface area contributed by atoms with Crippen LogP contribution >= 0.6 is 31.9 Å². The molecule has 2 N–H and O–H groups in total. The first-order valence-corrected chi connectivity index (χ1v) is 13.0. The third-order valence-corrected chi connectivity index (χ3v) is 8.17. The lowest BCUT2D eigenvalue weighted by Crippen LogP contribution is -2.19. The van der Waals surface area contributed by atoms with E-state index in [0.29, 0.717) is 0 Å². The minimum Gasteiger partial charge on any atom is -0.357 e. The van der Waals surface area contributed by atoms with E-state index in [1.54, 1.807) is 0 Å². The first-order chi connectivity index (χ1) is 16.7. The van der Waals surface area contributed by atoms with Gasteiger partial charge in [-0.3, -0.25) is 0 Å². The number of halogens is 2. The minimum absolute atomic E-state index is 0.101. The summed E-state index contributed by atoms with van der Waals surface area (Å²) in [6.07, 6.45) is 0. The van der Waals surface area contributed by atoms with Gasteiger partial charge in [0.05, 0.1) is 5.92 Å². The van der Waals surface area contributed by atoms with Crippen molar-refractivity contribution < 1.29 is 0 Å². The smallest absolute Gasteiger partial charge is 0.0648 e. The SMILES string of the molecule is Brc1ccc(C2c3[nH]c4ccccc4c3C(c3ccc(Br)cc3)c3c2[nH]c2ccccc32)cc1. The average molecular weight is 568 g/mol. The van der Waals surface area contributed by atoms with E-state index in [1.807, 2.05) is 0 Å². The van der Waals surface area contributed by atoms with Gasteiger partial charge >= 0.3 is 0 Å². The molecule has 0 spiro atoms. The third kappa shape index (κ3) is 2.98. The van der Waals surface area contributed by atoms with E-state index < -0.39 is 0 Å². The summed E-state index contributed by atoms with van der Waals surface area (Å²) in [4.78, 5) is 7.67. The molecule has 0 amide bonds. The number of benzene rings is 4. The molecule has 6 aromatic rings. The van der Waals surface area contributed by atoms with Gasteiger partial charge in [-0.2, -0.15) is 0 Å². The highest BCUT2D eigenvalue weighted by atomic mass is 79.9. The molecule has 0 saturated carbocycles. The second kappa shape index (κ2) is 7.72. The first-order valence-electron chi connectivity index (χ1n) is 11.4. The summed E-state index contributed by atoms with van der Waals surface area (Å²) >= 11 is 7.24. The number of aromatic nitrogens is 2. The zero-order chi connectivity index (χ0) is 22.8. The van der Waals surface area contributed by atoms with Crippen LogP contribution in [0.5, 0.6) is 0 Å². The first kappa shape index (κ1) is 20.3. The van der Waals surface area contributed by atoms with Gasteiger partial charge in [-0.25, -0.2) is 0 Å². The van der Waals surface area contributed by atoms with Crippen molar-refractivity contribution in [1.29, 1.82) is 0 Å². The molecule has 0 atom stereocenters. The van der Waals surface area contributed by atoms with E-state index in [2.05, 4.69) is 139 Å². The molecule has 0 aliphatic heterocycles. The maximum absolute atomic E-state index is 3.83. The Hall–Kier alpha value is -3.08. The molecule has 0 unspecified atom stereocenters. The lowest BCUT2D eigenvalue weighted by atomic mass is 9.72. The zero-order valence-electron chi connectivity index (χ0n) is 18.1. The summed E-state index contributed by atoms with van der Waals surface area (Å²) in [5.74, 6) is 0.238. The molecule has 2 heterocycles. The average Bonchev–Trinajstić information content (AvgIpc) is 3.43. The predicted molar refractivity (Wildman–Crippen MR) is 147 cm³/mol. The van der Waals surface area contributed by atoms with E-state index in [1.165, 1.54) is 55.4 Å². The van der Waals surface area contributed by atoms with Crippen LogP contribution in [0.25, 0.3) is 21.8 Å². The van der Waals surface area contributed by atoms with Crippen LogP contribution in [0.4, 0.5) is 0 Å². The van der Waals surface area contributed by atoms with Gasteiger partial charge in [0.15, 0.2) is 0 Å². The lowest BCUT2D eigenvalue weighted by Gasteiger charge is -2.31. The Morgan fingerprint density at radius 3 is 1.35 bits per heavy atom. The van der Waals surface area contributed by atoms with Gasteiger partial charge in [0.25, 0.3) is 0 Å². The van der Waals surface area contributed by atoms with Crippen molar-refractivity contribution in [2.45, 2.75) is 11.8 Å². The second-order valence-corrected chi connectivity index (χ2v) is 10.8. The van der Waals surface area contributed by atoms with Crippen LogP contribution < -0.4 is 0 Å². The van der Waals surface area contributed by atoms with E-state index in [-0.39, 0.29) is 11.8 Å². The fourth-order valence-electron chi connectivity index (χ4n) is 5.71. The predicted octanol–water partition coefficient (Wildman–Crippen LogP) is 8.85. The number of nitrogens with one attached hydrogen (secondary N) is 2. The molecule has 4 aromatic carbocycles. The van der Waals surface area contributed by atoms with Crippen LogP contribution in [0, 0.1) is 0 Å². The zero-order valence-corrected chi connectivity index (χ0v) is 21.3. The van der Waals surface area contributed by atoms with Gasteiger partial charge in [-0.1, -0.05) is 92.5 Å². The van der Waals surface area contributed by atoms with E-state index in [0.717, 1.165) is 8.95 Å². The van der Waals surface area contributed by atoms with Crippen molar-refractivity contribution in [2.24, 2.45) is 0 Å². The Labute approximate surface area is 214 Å². The summed E-state index contributed by atoms with van der Waals surface area (Å²) in [5, 5.41) is 2.59. The monoisotopic (exact) mass is 566 g/mol. The van der Waals surface area contributed by atoms with Gasteiger partial charge in [0.2, 0.25) is 0 Å². The summed E-state index contributed by atoms with van der Waals surface area (Å²) < 4.78 is 2.19. The fourth-order valence-corrected chi connectivity index (χ4v) is 6.24. The number of H-pyrrole nitrogens is 2. The molecule has 1 aliphatic carbocycles. The quantitative estimate of drug-likeness (QED) is 0.209. The molecule has 0 radical (unpaired) electrons. The Bertz CT molecular complexity index is 1590. The maximum Gasteiger partial charge on any atom is 0.0648 e. The molecule has 0 fully saturated rings. The van der Waals surface area contributed by atoms with E-state index in [9.17, 15) is 0 Å². The molecular formula is C30H20Br2N2. The highest BCUT2D eigenvalue weighted by Crippen LogP contribution is 2.53. The van der Waals surface area contributed by atoms with Crippen LogP contribution in [0.1, 0.15) is 45.5 Å². The maximum atomic E-state index is 3.83. The molecule has 4 heteroatoms. The van der Waals surface area contributed by atoms with E-state index in [4.69, 9.17) is 0 Å². The number of para-hydroxylation sites is 2. The summed E-state index contributed by atoms with van der Waals surface area (Å²) in [7, 11) is 0. The van der Waals surface area contributed by atoms with Gasteiger partial charge in [-0.15, -0.1) is 0 Å². The van der Waals surface area contributed by atoms with Crippen molar-refractivity contribution in [3.63, 3.8) is 0 Å².